The summed E-state index contributed by atoms with van der Waals surface area (Å²) < 4.78 is 0. The van der Waals surface area contributed by atoms with Gasteiger partial charge in [0.2, 0.25) is 0 Å². The molecule has 0 N–H and O–H groups in total. The van der Waals surface area contributed by atoms with Crippen LogP contribution in [-0.2, 0) is 12.8 Å². The highest BCUT2D eigenvalue weighted by molar-refractivity contribution is 5.60. The normalized spacial score (nSPS) is 23.5. The van der Waals surface area contributed by atoms with Gasteiger partial charge >= 0.3 is 0 Å². The zero-order valence-corrected chi connectivity index (χ0v) is 16.7. The first-order valence-corrected chi connectivity index (χ1v) is 11.1. The number of allylic oxidation sites excluding steroid dienone is 12. The minimum Gasteiger partial charge on any atom is -0.0801 e. The molecule has 0 saturated heterocycles. The number of hydrogen-bond acceptors (Lipinski definition) is 0. The van der Waals surface area contributed by atoms with Gasteiger partial charge in [-0.2, -0.15) is 0 Å². The first-order chi connectivity index (χ1) is 13.9. The van der Waals surface area contributed by atoms with E-state index >= 15 is 0 Å². The number of hydrogen-bond donors (Lipinski definition) is 0. The summed E-state index contributed by atoms with van der Waals surface area (Å²) in [6, 6.07) is 9.43. The van der Waals surface area contributed by atoms with Crippen molar-refractivity contribution in [3.05, 3.63) is 106 Å². The highest BCUT2D eigenvalue weighted by atomic mass is 14.3. The van der Waals surface area contributed by atoms with Crippen LogP contribution in [0.1, 0.15) is 49.7 Å². The maximum Gasteiger partial charge on any atom is 0.0281 e. The maximum absolute atomic E-state index is 2.36. The minimum absolute atomic E-state index is 0.444. The van der Waals surface area contributed by atoms with Gasteiger partial charge in [-0.05, 0) is 65.0 Å². The van der Waals surface area contributed by atoms with E-state index in [0.717, 1.165) is 18.8 Å². The summed E-state index contributed by atoms with van der Waals surface area (Å²) in [6.45, 7) is 0. The molecule has 0 heteroatoms. The highest BCUT2D eigenvalue weighted by Gasteiger charge is 2.26. The van der Waals surface area contributed by atoms with E-state index in [-0.39, 0.29) is 0 Å². The first-order valence-electron chi connectivity index (χ1n) is 11.1. The van der Waals surface area contributed by atoms with Crippen molar-refractivity contribution < 1.29 is 0 Å². The number of aryl methyl sites for hydroxylation is 1. The van der Waals surface area contributed by atoms with Gasteiger partial charge in [0.1, 0.15) is 0 Å². The van der Waals surface area contributed by atoms with Crippen molar-refractivity contribution in [3.8, 4) is 0 Å². The van der Waals surface area contributed by atoms with Gasteiger partial charge in [0.05, 0.1) is 0 Å². The average molecular weight is 367 g/mol. The molecule has 1 aromatic rings. The van der Waals surface area contributed by atoms with Crippen LogP contribution in [0.15, 0.2) is 95.2 Å². The second-order valence-corrected chi connectivity index (χ2v) is 8.78. The van der Waals surface area contributed by atoms with Crippen molar-refractivity contribution in [2.75, 3.05) is 0 Å². The first kappa shape index (κ1) is 17.7. The molecule has 28 heavy (non-hydrogen) atoms. The minimum atomic E-state index is 0.444. The number of fused-ring (bicyclic) bond motifs is 1. The SMILES string of the molecule is C1=CC2C(C3=CCC=C3)=CC=C(Cc3ccc(CCC4CCCC4)cc3)C2=C1. The van der Waals surface area contributed by atoms with Crippen LogP contribution in [0.2, 0.25) is 0 Å². The van der Waals surface area contributed by atoms with E-state index in [2.05, 4.69) is 72.9 Å². The van der Waals surface area contributed by atoms with Gasteiger partial charge in [-0.15, -0.1) is 0 Å². The van der Waals surface area contributed by atoms with Crippen LogP contribution in [0, 0.1) is 11.8 Å². The fourth-order valence-corrected chi connectivity index (χ4v) is 5.27. The fourth-order valence-electron chi connectivity index (χ4n) is 5.27. The van der Waals surface area contributed by atoms with Gasteiger partial charge in [-0.1, -0.05) is 98.6 Å². The summed E-state index contributed by atoms with van der Waals surface area (Å²) in [6.07, 6.45) is 29.0. The molecule has 0 spiro atoms. The fraction of sp³-hybridized carbons (Fsp3) is 0.357. The Balaban J connectivity index is 1.27. The number of rotatable bonds is 6. The smallest absolute Gasteiger partial charge is 0.0281 e. The number of benzene rings is 1. The van der Waals surface area contributed by atoms with Crippen molar-refractivity contribution in [3.63, 3.8) is 0 Å². The lowest BCUT2D eigenvalue weighted by Crippen LogP contribution is -2.11. The maximum atomic E-state index is 2.36. The summed E-state index contributed by atoms with van der Waals surface area (Å²) in [7, 11) is 0. The largest absolute Gasteiger partial charge is 0.0801 e. The summed E-state index contributed by atoms with van der Waals surface area (Å²) in [4.78, 5) is 0. The molecule has 1 unspecified atom stereocenters. The standard InChI is InChI=1S/C28H30/c1-2-7-21(6-1)12-13-22-14-16-23(17-15-22)20-25-18-19-27(24-8-3-4-9-24)28-11-5-10-26(25)28/h3,5,8-11,14-19,21,28H,1-2,4,6-7,12-13,20H2. The lowest BCUT2D eigenvalue weighted by molar-refractivity contribution is 0.504. The molecule has 1 fully saturated rings. The Labute approximate surface area is 169 Å². The summed E-state index contributed by atoms with van der Waals surface area (Å²) in [5, 5.41) is 0. The van der Waals surface area contributed by atoms with E-state index in [4.69, 9.17) is 0 Å². The van der Waals surface area contributed by atoms with E-state index in [1.54, 1.807) is 0 Å². The molecule has 0 aromatic heterocycles. The van der Waals surface area contributed by atoms with Gasteiger partial charge in [0.25, 0.3) is 0 Å². The quantitative estimate of drug-likeness (QED) is 0.498. The highest BCUT2D eigenvalue weighted by Crippen LogP contribution is 2.41. The van der Waals surface area contributed by atoms with E-state index in [1.807, 2.05) is 0 Å². The molecule has 0 nitrogen and oxygen atoms in total. The Hall–Kier alpha value is -2.34. The third-order valence-corrected chi connectivity index (χ3v) is 6.92. The van der Waals surface area contributed by atoms with Crippen molar-refractivity contribution in [1.82, 2.24) is 0 Å². The van der Waals surface area contributed by atoms with Crippen LogP contribution in [0.4, 0.5) is 0 Å². The second kappa shape index (κ2) is 7.95. The lowest BCUT2D eigenvalue weighted by Gasteiger charge is -2.24. The van der Waals surface area contributed by atoms with Crippen molar-refractivity contribution >= 4 is 0 Å². The van der Waals surface area contributed by atoms with E-state index in [1.165, 1.54) is 71.9 Å². The Morgan fingerprint density at radius 1 is 0.857 bits per heavy atom. The average Bonchev–Trinajstić information content (AvgIpc) is 3.50. The Kier molecular flexibility index (Phi) is 5.04. The molecule has 5 rings (SSSR count). The van der Waals surface area contributed by atoms with Crippen molar-refractivity contribution in [1.29, 1.82) is 0 Å². The van der Waals surface area contributed by atoms with Crippen molar-refractivity contribution in [2.24, 2.45) is 11.8 Å². The van der Waals surface area contributed by atoms with Crippen LogP contribution in [0.3, 0.4) is 0 Å². The topological polar surface area (TPSA) is 0 Å². The Morgan fingerprint density at radius 2 is 1.68 bits per heavy atom. The van der Waals surface area contributed by atoms with Crippen LogP contribution >= 0.6 is 0 Å². The molecule has 4 aliphatic rings. The third kappa shape index (κ3) is 3.65. The molecule has 0 heterocycles. The molecule has 0 bridgehead atoms. The molecule has 0 amide bonds. The lowest BCUT2D eigenvalue weighted by atomic mass is 9.79. The van der Waals surface area contributed by atoms with Crippen LogP contribution in [0.5, 0.6) is 0 Å². The van der Waals surface area contributed by atoms with E-state index < -0.39 is 0 Å². The Bertz CT molecular complexity index is 905. The third-order valence-electron chi connectivity index (χ3n) is 6.92. The molecular weight excluding hydrogens is 336 g/mol. The predicted octanol–water partition coefficient (Wildman–Crippen LogP) is 7.22. The molecule has 1 saturated carbocycles. The Morgan fingerprint density at radius 3 is 2.46 bits per heavy atom. The zero-order valence-electron chi connectivity index (χ0n) is 16.7. The predicted molar refractivity (Wildman–Crippen MR) is 119 cm³/mol. The molecule has 1 aromatic carbocycles. The zero-order chi connectivity index (χ0) is 18.8. The molecule has 0 radical (unpaired) electrons. The van der Waals surface area contributed by atoms with Gasteiger partial charge in [-0.3, -0.25) is 0 Å². The van der Waals surface area contributed by atoms with Crippen LogP contribution < -0.4 is 0 Å². The van der Waals surface area contributed by atoms with Crippen LogP contribution in [-0.4, -0.2) is 0 Å². The summed E-state index contributed by atoms with van der Waals surface area (Å²) in [5.41, 5.74) is 8.77. The molecule has 0 aliphatic heterocycles. The van der Waals surface area contributed by atoms with Crippen molar-refractivity contribution in [2.45, 2.75) is 51.4 Å². The molecule has 1 atom stereocenters. The summed E-state index contributed by atoms with van der Waals surface area (Å²) >= 11 is 0. The second-order valence-electron chi connectivity index (χ2n) is 8.78. The van der Waals surface area contributed by atoms with Gasteiger partial charge < -0.3 is 0 Å². The van der Waals surface area contributed by atoms with E-state index in [9.17, 15) is 0 Å². The van der Waals surface area contributed by atoms with Gasteiger partial charge in [-0.25, -0.2) is 0 Å². The molecule has 4 aliphatic carbocycles. The van der Waals surface area contributed by atoms with Gasteiger partial charge in [0, 0.05) is 5.92 Å². The van der Waals surface area contributed by atoms with Crippen LogP contribution in [0.25, 0.3) is 0 Å². The van der Waals surface area contributed by atoms with Gasteiger partial charge in [0.15, 0.2) is 0 Å². The molecular formula is C28H30. The monoisotopic (exact) mass is 366 g/mol. The van der Waals surface area contributed by atoms with E-state index in [0.29, 0.717) is 5.92 Å². The molecule has 142 valence electrons. The summed E-state index contributed by atoms with van der Waals surface area (Å²) in [5.74, 6) is 1.43.